The molecule has 2 rings (SSSR count). The van der Waals surface area contributed by atoms with Gasteiger partial charge in [0, 0.05) is 24.4 Å². The molecule has 0 fully saturated rings. The van der Waals surface area contributed by atoms with Crippen LogP contribution in [0, 0.1) is 15.9 Å². The summed E-state index contributed by atoms with van der Waals surface area (Å²) < 4.78 is 13.0. The Morgan fingerprint density at radius 1 is 1.21 bits per heavy atom. The number of hydrogen-bond acceptors (Lipinski definition) is 3. The molecule has 0 bridgehead atoms. The normalized spacial score (nSPS) is 10.2. The molecular formula is C13H10ClFN2O2. The highest BCUT2D eigenvalue weighted by molar-refractivity contribution is 6.31. The lowest BCUT2D eigenvalue weighted by Crippen LogP contribution is -1.99. The molecule has 0 spiro atoms. The molecule has 2 aromatic carbocycles. The second kappa shape index (κ2) is 5.67. The average molecular weight is 281 g/mol. The Hall–Kier alpha value is -2.14. The van der Waals surface area contributed by atoms with Crippen LogP contribution in [-0.4, -0.2) is 4.92 Å². The van der Waals surface area contributed by atoms with E-state index in [1.165, 1.54) is 24.3 Å². The third-order valence-electron chi connectivity index (χ3n) is 2.56. The highest BCUT2D eigenvalue weighted by Crippen LogP contribution is 2.20. The van der Waals surface area contributed by atoms with Crippen molar-refractivity contribution < 1.29 is 9.31 Å². The van der Waals surface area contributed by atoms with Gasteiger partial charge in [-0.3, -0.25) is 10.1 Å². The van der Waals surface area contributed by atoms with Gasteiger partial charge in [-0.05, 0) is 23.8 Å². The van der Waals surface area contributed by atoms with Crippen LogP contribution in [0.5, 0.6) is 0 Å². The maximum Gasteiger partial charge on any atom is 0.269 e. The maximum atomic E-state index is 13.0. The van der Waals surface area contributed by atoms with Gasteiger partial charge in [0.2, 0.25) is 0 Å². The van der Waals surface area contributed by atoms with E-state index in [9.17, 15) is 14.5 Å². The summed E-state index contributed by atoms with van der Waals surface area (Å²) in [5.41, 5.74) is 1.62. The fraction of sp³-hybridized carbons (Fsp3) is 0.0769. The van der Waals surface area contributed by atoms with Crippen LogP contribution in [0.25, 0.3) is 0 Å². The van der Waals surface area contributed by atoms with Gasteiger partial charge < -0.3 is 5.32 Å². The summed E-state index contributed by atoms with van der Waals surface area (Å²) in [6.45, 7) is 0.472. The minimum Gasteiger partial charge on any atom is -0.381 e. The number of nitrogens with one attached hydrogen (secondary N) is 1. The summed E-state index contributed by atoms with van der Waals surface area (Å²) in [5, 5.41) is 13.6. The highest BCUT2D eigenvalue weighted by atomic mass is 35.5. The molecule has 2 aromatic rings. The summed E-state index contributed by atoms with van der Waals surface area (Å²) in [5.74, 6) is -0.470. The minimum atomic E-state index is -0.470. The van der Waals surface area contributed by atoms with Crippen molar-refractivity contribution >= 4 is 23.0 Å². The van der Waals surface area contributed by atoms with E-state index in [-0.39, 0.29) is 10.7 Å². The number of rotatable bonds is 4. The Kier molecular flexibility index (Phi) is 3.97. The molecule has 0 radical (unpaired) electrons. The first kappa shape index (κ1) is 13.3. The van der Waals surface area contributed by atoms with Crippen LogP contribution >= 0.6 is 11.6 Å². The van der Waals surface area contributed by atoms with Crippen LogP contribution in [0.3, 0.4) is 0 Å². The number of anilines is 1. The summed E-state index contributed by atoms with van der Waals surface area (Å²) in [4.78, 5) is 10.1. The quantitative estimate of drug-likeness (QED) is 0.680. The van der Waals surface area contributed by atoms with Gasteiger partial charge in [-0.2, -0.15) is 0 Å². The molecule has 0 aromatic heterocycles. The van der Waals surface area contributed by atoms with Crippen LogP contribution in [0.4, 0.5) is 15.8 Å². The van der Waals surface area contributed by atoms with Gasteiger partial charge >= 0.3 is 0 Å². The lowest BCUT2D eigenvalue weighted by Gasteiger charge is -2.07. The van der Waals surface area contributed by atoms with Gasteiger partial charge in [-0.25, -0.2) is 4.39 Å². The predicted molar refractivity (Wildman–Crippen MR) is 71.8 cm³/mol. The highest BCUT2D eigenvalue weighted by Gasteiger charge is 2.04. The van der Waals surface area contributed by atoms with E-state index in [1.807, 2.05) is 0 Å². The van der Waals surface area contributed by atoms with Crippen molar-refractivity contribution in [2.75, 3.05) is 5.32 Å². The van der Waals surface area contributed by atoms with Gasteiger partial charge in [-0.15, -0.1) is 0 Å². The van der Waals surface area contributed by atoms with E-state index in [0.29, 0.717) is 12.2 Å². The number of non-ortho nitro benzene ring substituents is 1. The maximum absolute atomic E-state index is 13.0. The predicted octanol–water partition coefficient (Wildman–Crippen LogP) is 4.00. The van der Waals surface area contributed by atoms with Crippen molar-refractivity contribution in [3.63, 3.8) is 0 Å². The Morgan fingerprint density at radius 3 is 2.47 bits per heavy atom. The first-order chi connectivity index (χ1) is 9.06. The van der Waals surface area contributed by atoms with E-state index >= 15 is 0 Å². The van der Waals surface area contributed by atoms with Gasteiger partial charge in [0.15, 0.2) is 0 Å². The van der Waals surface area contributed by atoms with Crippen molar-refractivity contribution in [2.45, 2.75) is 6.54 Å². The van der Waals surface area contributed by atoms with Gasteiger partial charge in [-0.1, -0.05) is 23.7 Å². The molecule has 0 atom stereocenters. The number of nitro groups is 1. The fourth-order valence-corrected chi connectivity index (χ4v) is 1.73. The third kappa shape index (κ3) is 3.42. The van der Waals surface area contributed by atoms with E-state index in [1.54, 1.807) is 18.2 Å². The van der Waals surface area contributed by atoms with Crippen LogP contribution in [-0.2, 0) is 6.54 Å². The Bertz CT molecular complexity index is 602. The monoisotopic (exact) mass is 280 g/mol. The van der Waals surface area contributed by atoms with Crippen LogP contribution in [0.2, 0.25) is 5.02 Å². The summed E-state index contributed by atoms with van der Waals surface area (Å²) >= 11 is 5.66. The summed E-state index contributed by atoms with van der Waals surface area (Å²) in [7, 11) is 0. The molecular weight excluding hydrogens is 271 g/mol. The summed E-state index contributed by atoms with van der Waals surface area (Å²) in [6.07, 6.45) is 0. The fourth-order valence-electron chi connectivity index (χ4n) is 1.55. The third-order valence-corrected chi connectivity index (χ3v) is 2.85. The van der Waals surface area contributed by atoms with Crippen molar-refractivity contribution in [1.82, 2.24) is 0 Å². The first-order valence-corrected chi connectivity index (χ1v) is 5.86. The molecule has 0 saturated carbocycles. The van der Waals surface area contributed by atoms with E-state index < -0.39 is 10.7 Å². The Morgan fingerprint density at radius 2 is 1.89 bits per heavy atom. The molecule has 1 N–H and O–H groups in total. The van der Waals surface area contributed by atoms with Gasteiger partial charge in [0.25, 0.3) is 5.69 Å². The molecule has 0 unspecified atom stereocenters. The zero-order valence-corrected chi connectivity index (χ0v) is 10.5. The number of benzene rings is 2. The van der Waals surface area contributed by atoms with Crippen molar-refractivity contribution in [2.24, 2.45) is 0 Å². The van der Waals surface area contributed by atoms with Gasteiger partial charge in [0.1, 0.15) is 5.82 Å². The SMILES string of the molecule is O=[N+]([O-])c1ccc(CNc2ccc(F)c(Cl)c2)cc1. The average Bonchev–Trinajstić information content (AvgIpc) is 2.40. The standard InChI is InChI=1S/C13H10ClFN2O2/c14-12-7-10(3-6-13(12)15)16-8-9-1-4-11(5-2-9)17(18)19/h1-7,16H,8H2. The van der Waals surface area contributed by atoms with Crippen LogP contribution in [0.1, 0.15) is 5.56 Å². The second-order valence-electron chi connectivity index (χ2n) is 3.91. The Balaban J connectivity index is 2.01. The molecule has 0 aliphatic carbocycles. The van der Waals surface area contributed by atoms with E-state index in [4.69, 9.17) is 11.6 Å². The Labute approximate surface area is 114 Å². The van der Waals surface area contributed by atoms with Gasteiger partial charge in [0.05, 0.1) is 9.95 Å². The topological polar surface area (TPSA) is 55.2 Å². The number of nitro benzene ring substituents is 1. The molecule has 0 saturated heterocycles. The summed E-state index contributed by atoms with van der Waals surface area (Å²) in [6, 6.07) is 10.5. The molecule has 0 amide bonds. The van der Waals surface area contributed by atoms with Crippen LogP contribution in [0.15, 0.2) is 42.5 Å². The first-order valence-electron chi connectivity index (χ1n) is 5.48. The van der Waals surface area contributed by atoms with Crippen molar-refractivity contribution in [3.05, 3.63) is 69.0 Å². The van der Waals surface area contributed by atoms with E-state index in [0.717, 1.165) is 5.56 Å². The zero-order valence-electron chi connectivity index (χ0n) is 9.77. The lowest BCUT2D eigenvalue weighted by molar-refractivity contribution is -0.384. The second-order valence-corrected chi connectivity index (χ2v) is 4.31. The van der Waals surface area contributed by atoms with Crippen molar-refractivity contribution in [1.29, 1.82) is 0 Å². The van der Waals surface area contributed by atoms with Crippen molar-refractivity contribution in [3.8, 4) is 0 Å². The molecule has 19 heavy (non-hydrogen) atoms. The molecule has 0 aliphatic rings. The number of hydrogen-bond donors (Lipinski definition) is 1. The zero-order chi connectivity index (χ0) is 13.8. The molecule has 4 nitrogen and oxygen atoms in total. The lowest BCUT2D eigenvalue weighted by atomic mass is 10.2. The van der Waals surface area contributed by atoms with E-state index in [2.05, 4.69) is 5.32 Å². The molecule has 0 heterocycles. The molecule has 98 valence electrons. The van der Waals surface area contributed by atoms with Crippen LogP contribution < -0.4 is 5.32 Å². The molecule has 6 heteroatoms. The smallest absolute Gasteiger partial charge is 0.269 e. The molecule has 0 aliphatic heterocycles. The minimum absolute atomic E-state index is 0.0496. The number of halogens is 2. The number of nitrogens with zero attached hydrogens (tertiary/aromatic N) is 1. The largest absolute Gasteiger partial charge is 0.381 e.